The molecule has 1 aromatic carbocycles. The van der Waals surface area contributed by atoms with Crippen molar-refractivity contribution in [3.63, 3.8) is 0 Å². The van der Waals surface area contributed by atoms with Crippen LogP contribution in [0.15, 0.2) is 24.3 Å². The molecule has 17 heavy (non-hydrogen) atoms. The average Bonchev–Trinajstić information content (AvgIpc) is 3.13. The standard InChI is InChI=1S/C13H15NO3/c15-13(11-8-9-11)7-3-5-10-4-1-2-6-12(10)14(16)17/h1-2,4,6,11H,3,5,7-9H2. The fourth-order valence-corrected chi connectivity index (χ4v) is 1.96. The summed E-state index contributed by atoms with van der Waals surface area (Å²) in [5.41, 5.74) is 0.882. The van der Waals surface area contributed by atoms with Crippen molar-refractivity contribution < 1.29 is 9.72 Å². The molecule has 0 saturated heterocycles. The predicted octanol–water partition coefficient (Wildman–Crippen LogP) is 2.90. The van der Waals surface area contributed by atoms with E-state index in [2.05, 4.69) is 0 Å². The van der Waals surface area contributed by atoms with Gasteiger partial charge in [0.1, 0.15) is 5.78 Å². The summed E-state index contributed by atoms with van der Waals surface area (Å²) < 4.78 is 0. The highest BCUT2D eigenvalue weighted by Crippen LogP contribution is 2.31. The van der Waals surface area contributed by atoms with Gasteiger partial charge in [-0.3, -0.25) is 14.9 Å². The Hall–Kier alpha value is -1.71. The SMILES string of the molecule is O=C(CCCc1ccccc1[N+](=O)[O-])C1CC1. The Balaban J connectivity index is 1.89. The Kier molecular flexibility index (Phi) is 3.52. The van der Waals surface area contributed by atoms with Crippen molar-refractivity contribution in [2.45, 2.75) is 32.1 Å². The number of carbonyl (C=O) groups excluding carboxylic acids is 1. The highest BCUT2D eigenvalue weighted by atomic mass is 16.6. The van der Waals surface area contributed by atoms with Gasteiger partial charge in [-0.1, -0.05) is 18.2 Å². The summed E-state index contributed by atoms with van der Waals surface area (Å²) in [6.07, 6.45) is 3.93. The first-order chi connectivity index (χ1) is 8.18. The zero-order valence-corrected chi connectivity index (χ0v) is 9.59. The van der Waals surface area contributed by atoms with Gasteiger partial charge in [0.15, 0.2) is 0 Å². The lowest BCUT2D eigenvalue weighted by atomic mass is 10.0. The van der Waals surface area contributed by atoms with Crippen LogP contribution in [-0.2, 0) is 11.2 Å². The van der Waals surface area contributed by atoms with E-state index in [1.165, 1.54) is 6.07 Å². The van der Waals surface area contributed by atoms with E-state index in [4.69, 9.17) is 0 Å². The average molecular weight is 233 g/mol. The molecular weight excluding hydrogens is 218 g/mol. The maximum Gasteiger partial charge on any atom is 0.272 e. The Morgan fingerprint density at radius 3 is 2.71 bits per heavy atom. The minimum atomic E-state index is -0.363. The minimum Gasteiger partial charge on any atom is -0.299 e. The molecule has 4 nitrogen and oxygen atoms in total. The maximum atomic E-state index is 11.5. The molecule has 1 aliphatic rings. The normalized spacial score (nSPS) is 14.6. The molecule has 1 aliphatic carbocycles. The molecule has 90 valence electrons. The lowest BCUT2D eigenvalue weighted by Crippen LogP contribution is -2.02. The van der Waals surface area contributed by atoms with Crippen LogP contribution >= 0.6 is 0 Å². The van der Waals surface area contributed by atoms with Crippen LogP contribution in [0.25, 0.3) is 0 Å². The third kappa shape index (κ3) is 3.12. The molecule has 0 N–H and O–H groups in total. The predicted molar refractivity (Wildman–Crippen MR) is 63.8 cm³/mol. The second-order valence-corrected chi connectivity index (χ2v) is 4.48. The van der Waals surface area contributed by atoms with Crippen molar-refractivity contribution in [1.82, 2.24) is 0 Å². The molecule has 0 atom stereocenters. The second kappa shape index (κ2) is 5.08. The molecule has 0 amide bonds. The number of carbonyl (C=O) groups is 1. The smallest absolute Gasteiger partial charge is 0.272 e. The number of nitro groups is 1. The first-order valence-electron chi connectivity index (χ1n) is 5.93. The number of para-hydroxylation sites is 1. The largest absolute Gasteiger partial charge is 0.299 e. The van der Waals surface area contributed by atoms with Gasteiger partial charge >= 0.3 is 0 Å². The summed E-state index contributed by atoms with van der Waals surface area (Å²) in [6, 6.07) is 6.74. The van der Waals surface area contributed by atoms with Gasteiger partial charge < -0.3 is 0 Å². The number of hydrogen-bond donors (Lipinski definition) is 0. The van der Waals surface area contributed by atoms with E-state index in [9.17, 15) is 14.9 Å². The third-order valence-electron chi connectivity index (χ3n) is 3.09. The van der Waals surface area contributed by atoms with E-state index >= 15 is 0 Å². The van der Waals surface area contributed by atoms with Crippen molar-refractivity contribution in [1.29, 1.82) is 0 Å². The van der Waals surface area contributed by atoms with Gasteiger partial charge in [0, 0.05) is 24.0 Å². The highest BCUT2D eigenvalue weighted by Gasteiger charge is 2.28. The topological polar surface area (TPSA) is 60.2 Å². The monoisotopic (exact) mass is 233 g/mol. The molecule has 0 bridgehead atoms. The molecule has 0 unspecified atom stereocenters. The fourth-order valence-electron chi connectivity index (χ4n) is 1.96. The Labute approximate surface area is 99.8 Å². The number of benzene rings is 1. The minimum absolute atomic E-state index is 0.159. The number of ketones is 1. The van der Waals surface area contributed by atoms with Crippen LogP contribution in [0.1, 0.15) is 31.2 Å². The molecule has 0 radical (unpaired) electrons. The van der Waals surface area contributed by atoms with E-state index in [-0.39, 0.29) is 10.6 Å². The zero-order valence-electron chi connectivity index (χ0n) is 9.59. The van der Waals surface area contributed by atoms with Crippen LogP contribution in [0, 0.1) is 16.0 Å². The van der Waals surface area contributed by atoms with Crippen LogP contribution in [0.4, 0.5) is 5.69 Å². The summed E-state index contributed by atoms with van der Waals surface area (Å²) in [5, 5.41) is 10.8. The molecule has 0 heterocycles. The summed E-state index contributed by atoms with van der Waals surface area (Å²) in [5.74, 6) is 0.615. The second-order valence-electron chi connectivity index (χ2n) is 4.48. The van der Waals surface area contributed by atoms with Gasteiger partial charge in [0.2, 0.25) is 0 Å². The van der Waals surface area contributed by atoms with Crippen molar-refractivity contribution in [2.24, 2.45) is 5.92 Å². The van der Waals surface area contributed by atoms with Crippen LogP contribution in [-0.4, -0.2) is 10.7 Å². The van der Waals surface area contributed by atoms with Crippen LogP contribution < -0.4 is 0 Å². The number of rotatable bonds is 6. The van der Waals surface area contributed by atoms with Crippen LogP contribution in [0.2, 0.25) is 0 Å². The van der Waals surface area contributed by atoms with E-state index < -0.39 is 0 Å². The number of nitro benzene ring substituents is 1. The number of hydrogen-bond acceptors (Lipinski definition) is 3. The molecule has 2 rings (SSSR count). The number of Topliss-reactive ketones (excluding diaryl/α,β-unsaturated/α-hetero) is 1. The first kappa shape index (κ1) is 11.8. The maximum absolute atomic E-state index is 11.5. The van der Waals surface area contributed by atoms with Gasteiger partial charge in [-0.15, -0.1) is 0 Å². The summed E-state index contributed by atoms with van der Waals surface area (Å²) in [6.45, 7) is 0. The van der Waals surface area contributed by atoms with Gasteiger partial charge in [-0.2, -0.15) is 0 Å². The zero-order chi connectivity index (χ0) is 12.3. The number of nitrogens with zero attached hydrogens (tertiary/aromatic N) is 1. The fraction of sp³-hybridized carbons (Fsp3) is 0.462. The number of aryl methyl sites for hydroxylation is 1. The van der Waals surface area contributed by atoms with Gasteiger partial charge in [0.05, 0.1) is 4.92 Å². The first-order valence-corrected chi connectivity index (χ1v) is 5.93. The van der Waals surface area contributed by atoms with Crippen molar-refractivity contribution in [2.75, 3.05) is 0 Å². The molecule has 1 fully saturated rings. The van der Waals surface area contributed by atoms with Crippen molar-refractivity contribution >= 4 is 11.5 Å². The van der Waals surface area contributed by atoms with E-state index in [0.717, 1.165) is 18.4 Å². The quantitative estimate of drug-likeness (QED) is 0.560. The van der Waals surface area contributed by atoms with Crippen LogP contribution in [0.3, 0.4) is 0 Å². The van der Waals surface area contributed by atoms with E-state index in [1.807, 2.05) is 0 Å². The third-order valence-corrected chi connectivity index (χ3v) is 3.09. The molecular formula is C13H15NO3. The van der Waals surface area contributed by atoms with Gasteiger partial charge in [-0.05, 0) is 25.7 Å². The van der Waals surface area contributed by atoms with E-state index in [1.54, 1.807) is 18.2 Å². The molecule has 4 heteroatoms. The van der Waals surface area contributed by atoms with Gasteiger partial charge in [-0.25, -0.2) is 0 Å². The molecule has 0 aliphatic heterocycles. The molecule has 1 saturated carbocycles. The van der Waals surface area contributed by atoms with Crippen molar-refractivity contribution in [3.8, 4) is 0 Å². The lowest BCUT2D eigenvalue weighted by molar-refractivity contribution is -0.385. The Bertz CT molecular complexity index is 438. The molecule has 0 aromatic heterocycles. The van der Waals surface area contributed by atoms with Crippen molar-refractivity contribution in [3.05, 3.63) is 39.9 Å². The van der Waals surface area contributed by atoms with Gasteiger partial charge in [0.25, 0.3) is 5.69 Å². The summed E-state index contributed by atoms with van der Waals surface area (Å²) >= 11 is 0. The van der Waals surface area contributed by atoms with Crippen LogP contribution in [0.5, 0.6) is 0 Å². The Morgan fingerprint density at radius 1 is 1.35 bits per heavy atom. The Morgan fingerprint density at radius 2 is 2.06 bits per heavy atom. The lowest BCUT2D eigenvalue weighted by Gasteiger charge is -2.02. The molecule has 0 spiro atoms. The molecule has 1 aromatic rings. The van der Waals surface area contributed by atoms with E-state index in [0.29, 0.717) is 31.0 Å². The summed E-state index contributed by atoms with van der Waals surface area (Å²) in [7, 11) is 0. The summed E-state index contributed by atoms with van der Waals surface area (Å²) in [4.78, 5) is 21.9. The highest BCUT2D eigenvalue weighted by molar-refractivity contribution is 5.83.